The molecule has 8 rings (SSSR count). The van der Waals surface area contributed by atoms with Crippen molar-refractivity contribution in [2.75, 3.05) is 72.2 Å². The Kier molecular flexibility index (Phi) is 36.7. The molecule has 4 aromatic carbocycles. The van der Waals surface area contributed by atoms with Crippen molar-refractivity contribution in [3.8, 4) is 68.6 Å². The fourth-order valence-electron chi connectivity index (χ4n) is 14.3. The minimum Gasteiger partial charge on any atom is -0.508 e. The van der Waals surface area contributed by atoms with E-state index in [1.165, 1.54) is 28.2 Å². The molecule has 4 heterocycles. The fraction of sp³-hybridized carbons (Fsp3) is 0.556. The summed E-state index contributed by atoms with van der Waals surface area (Å²) in [6.45, 7) is 26.1. The highest BCUT2D eigenvalue weighted by Gasteiger charge is 2.36. The van der Waals surface area contributed by atoms with Gasteiger partial charge in [-0.3, -0.25) is 66.7 Å². The van der Waals surface area contributed by atoms with E-state index in [2.05, 4.69) is 52.3 Å². The monoisotopic (exact) mass is 1780 g/mol. The van der Waals surface area contributed by atoms with E-state index >= 15 is 0 Å². The Morgan fingerprint density at radius 2 is 0.875 bits per heavy atom. The molecule has 128 heavy (non-hydrogen) atoms. The summed E-state index contributed by atoms with van der Waals surface area (Å²) in [5.41, 5.74) is 5.11. The summed E-state index contributed by atoms with van der Waals surface area (Å²) in [4.78, 5) is 170. The van der Waals surface area contributed by atoms with Gasteiger partial charge < -0.3 is 101 Å². The number of Topliss-reactive ketones (excluding diaryl/α,β-unsaturated/α-hetero) is 1. The third-order valence-electron chi connectivity index (χ3n) is 20.4. The number of hydrogen-bond acceptors (Lipinski definition) is 28. The number of rotatable bonds is 43. The van der Waals surface area contributed by atoms with Crippen molar-refractivity contribution in [1.29, 1.82) is 0 Å². The Labute approximate surface area is 744 Å². The molecule has 2 aliphatic rings. The first-order chi connectivity index (χ1) is 60.4. The predicted octanol–water partition coefficient (Wildman–Crippen LogP) is 7.23. The summed E-state index contributed by atoms with van der Waals surface area (Å²) in [6.07, 6.45) is -2.81. The normalized spacial score (nSPS) is 14.4. The molecule has 38 heteroatoms. The van der Waals surface area contributed by atoms with Crippen molar-refractivity contribution < 1.29 is 111 Å². The number of esters is 3. The molecule has 2 saturated heterocycles. The molecular weight excluding hydrogens is 1660 g/mol. The van der Waals surface area contributed by atoms with Gasteiger partial charge in [-0.2, -0.15) is 0 Å². The number of carbonyl (C=O) groups excluding carboxylic acids is 12. The van der Waals surface area contributed by atoms with Gasteiger partial charge in [0.2, 0.25) is 53.0 Å². The first-order valence-electron chi connectivity index (χ1n) is 43.3. The van der Waals surface area contributed by atoms with Crippen LogP contribution in [-0.4, -0.2) is 256 Å². The minimum absolute atomic E-state index is 0.00404. The summed E-state index contributed by atoms with van der Waals surface area (Å²) in [7, 11) is 0. The number of nitrogens with two attached hydrogens (primary N) is 1. The Balaban J connectivity index is 0.978. The lowest BCUT2D eigenvalue weighted by molar-refractivity contribution is -0.156. The zero-order valence-electron chi connectivity index (χ0n) is 75.7. The van der Waals surface area contributed by atoms with Crippen LogP contribution in [0.25, 0.3) is 34.2 Å². The molecule has 2 aromatic heterocycles. The van der Waals surface area contributed by atoms with E-state index < -0.39 is 151 Å². The molecule has 4 atom stereocenters. The second-order valence-corrected chi connectivity index (χ2v) is 35.1. The Hall–Kier alpha value is -12.3. The number of carbonyl (C=O) groups is 12. The maximum absolute atomic E-state index is 14.7. The summed E-state index contributed by atoms with van der Waals surface area (Å²) in [5, 5.41) is 76.2. The highest BCUT2D eigenvalue weighted by molar-refractivity contribution is 5.96. The second-order valence-electron chi connectivity index (χ2n) is 35.1. The molecule has 1 unspecified atom stereocenters. The fourth-order valence-corrected chi connectivity index (χ4v) is 14.3. The molecule has 8 amide bonds. The number of nitrogens with one attached hydrogen (secondary N) is 6. The van der Waals surface area contributed by atoms with Gasteiger partial charge in [-0.1, -0.05) is 27.7 Å². The molecule has 0 radical (unpaired) electrons. The molecule has 0 bridgehead atoms. The van der Waals surface area contributed by atoms with Crippen LogP contribution in [0.3, 0.4) is 0 Å². The minimum atomic E-state index is -1.65. The van der Waals surface area contributed by atoms with Crippen LogP contribution < -0.4 is 47.1 Å². The quantitative estimate of drug-likeness (QED) is 0.00778. The lowest BCUT2D eigenvalue weighted by Crippen LogP contribution is -2.57. The van der Waals surface area contributed by atoms with Crippen molar-refractivity contribution >= 4 is 70.9 Å². The first-order valence-corrected chi connectivity index (χ1v) is 43.3. The van der Waals surface area contributed by atoms with E-state index in [1.807, 2.05) is 27.7 Å². The third-order valence-corrected chi connectivity index (χ3v) is 20.4. The number of phenols is 4. The molecule has 6 aromatic rings. The van der Waals surface area contributed by atoms with Crippen LogP contribution in [0.2, 0.25) is 0 Å². The van der Waals surface area contributed by atoms with E-state index in [0.29, 0.717) is 66.2 Å². The van der Waals surface area contributed by atoms with Gasteiger partial charge in [0.25, 0.3) is 5.91 Å². The van der Waals surface area contributed by atoms with Gasteiger partial charge in [0, 0.05) is 146 Å². The van der Waals surface area contributed by atoms with Gasteiger partial charge in [0.1, 0.15) is 88.2 Å². The van der Waals surface area contributed by atoms with Crippen LogP contribution in [0.4, 0.5) is 0 Å². The topological polar surface area (TPSA) is 516 Å². The van der Waals surface area contributed by atoms with E-state index in [1.54, 1.807) is 140 Å². The number of piperidine rings is 2. The number of amides is 8. The van der Waals surface area contributed by atoms with Gasteiger partial charge >= 0.3 is 17.9 Å². The number of ether oxygens (including phenoxy) is 7. The largest absolute Gasteiger partial charge is 0.508 e. The molecule has 12 N–H and O–H groups in total. The average Bonchev–Trinajstić information content (AvgIpc) is 1.62. The first kappa shape index (κ1) is 101. The van der Waals surface area contributed by atoms with Crippen LogP contribution in [-0.2, 0) is 71.6 Å². The Morgan fingerprint density at radius 3 is 1.27 bits per heavy atom. The van der Waals surface area contributed by atoms with E-state index in [9.17, 15) is 78.0 Å². The Bertz CT molecular complexity index is 4860. The van der Waals surface area contributed by atoms with Gasteiger partial charge in [-0.25, -0.2) is 0 Å². The molecule has 698 valence electrons. The summed E-state index contributed by atoms with van der Waals surface area (Å²) in [6, 6.07) is 13.4. The number of ketones is 1. The molecular formula is C90H125N15O23. The maximum atomic E-state index is 14.7. The van der Waals surface area contributed by atoms with Crippen LogP contribution in [0, 0.1) is 0 Å². The lowest BCUT2D eigenvalue weighted by Gasteiger charge is -2.34. The van der Waals surface area contributed by atoms with E-state index in [4.69, 9.17) is 38.9 Å². The smallest absolute Gasteiger partial charge is 0.306 e. The number of hydrogen-bond donors (Lipinski definition) is 11. The van der Waals surface area contributed by atoms with Crippen LogP contribution in [0.5, 0.6) is 34.5 Å². The van der Waals surface area contributed by atoms with Crippen LogP contribution in [0.1, 0.15) is 232 Å². The summed E-state index contributed by atoms with van der Waals surface area (Å²) >= 11 is 0. The second kappa shape index (κ2) is 46.4. The van der Waals surface area contributed by atoms with Crippen molar-refractivity contribution in [2.45, 2.75) is 252 Å². The zero-order valence-corrected chi connectivity index (χ0v) is 75.7. The summed E-state index contributed by atoms with van der Waals surface area (Å²) in [5.74, 6) is -8.19. The standard InChI is InChI=1S/C90H125N15O23/c1-16-92-87(121)83-101-100-82(65-48-63(53(4)5)70(108)50-72(65)110)105(83)57-19-23-59(24-20-57)125-61-34-40-103(41-35-61)76(114)46-55(45-75(113)102-38-32-60(33-39-102)124-58-21-17-56(18-22-58)104-80(54(6)106)98-99-81(104)64-47-62(52(2)3)69(107)49-71(64)109)94-73(111)31-37-93-84(118)66(25-28-77(115)126-88(7,8)9)96-86(120)68(27-30-79(117)128-90(13,14)15)97-85(119)67(26-29-78(116)127-89(10,11)12)95-74(112)51-123-44-43-122-42-36-91/h17-24,47-50,52-53,55,60-61,66-68,107-110H,16,25-46,51,91H2,1-15H3,(H,92,121)(H,93,118)(H,94,111)(H,95,112)(H,96,120)(H,97,119)/t55?,66-,67-,68-/m1/s1. The van der Waals surface area contributed by atoms with Crippen LogP contribution in [0.15, 0.2) is 72.8 Å². The predicted molar refractivity (Wildman–Crippen MR) is 467 cm³/mol. The van der Waals surface area contributed by atoms with E-state index in [0.717, 1.165) is 0 Å². The van der Waals surface area contributed by atoms with Crippen LogP contribution >= 0.6 is 0 Å². The SMILES string of the molecule is CCNC(=O)c1nnc(-c2cc(C(C)C)c(O)cc2O)n1-c1ccc(OC2CCN(C(=O)CC(CC(=O)N3CCC(Oc4ccc(-n5c(C(C)=O)nnc5-c5cc(C(C)C)c(O)cc5O)cc4)CC3)NC(=O)CCNC(=O)[C@@H](CCC(=O)OC(C)(C)C)NC(=O)[C@@H](CCC(=O)OC(C)(C)C)NC(=O)[C@@H](CCC(=O)OC(C)(C)C)NC(=O)COCCOCCN)CC2)cc1. The lowest BCUT2D eigenvalue weighted by atomic mass is 9.98. The molecule has 0 aliphatic carbocycles. The third kappa shape index (κ3) is 30.7. The van der Waals surface area contributed by atoms with E-state index in [-0.39, 0.29) is 166 Å². The number of likely N-dealkylation sites (tertiary alicyclic amines) is 2. The summed E-state index contributed by atoms with van der Waals surface area (Å²) < 4.78 is 43.1. The molecule has 2 aliphatic heterocycles. The van der Waals surface area contributed by atoms with Gasteiger partial charge in [0.15, 0.2) is 17.4 Å². The molecule has 38 nitrogen and oxygen atoms in total. The maximum Gasteiger partial charge on any atom is 0.306 e. The highest BCUT2D eigenvalue weighted by Crippen LogP contribution is 2.41. The van der Waals surface area contributed by atoms with Gasteiger partial charge in [-0.05, 0) is 172 Å². The number of aromatic nitrogens is 6. The zero-order chi connectivity index (χ0) is 94.1. The van der Waals surface area contributed by atoms with Crippen molar-refractivity contribution in [1.82, 2.24) is 71.2 Å². The number of nitrogens with zero attached hydrogens (tertiary/aromatic N) is 8. The van der Waals surface area contributed by atoms with Crippen molar-refractivity contribution in [3.05, 3.63) is 95.6 Å². The average molecular weight is 1790 g/mol. The van der Waals surface area contributed by atoms with Crippen molar-refractivity contribution in [2.24, 2.45) is 5.73 Å². The number of aromatic hydroxyl groups is 4. The van der Waals surface area contributed by atoms with Crippen molar-refractivity contribution in [3.63, 3.8) is 0 Å². The van der Waals surface area contributed by atoms with Gasteiger partial charge in [-0.15, -0.1) is 20.4 Å². The highest BCUT2D eigenvalue weighted by atomic mass is 16.6. The Morgan fingerprint density at radius 1 is 0.477 bits per heavy atom. The molecule has 0 saturated carbocycles. The van der Waals surface area contributed by atoms with Gasteiger partial charge in [0.05, 0.1) is 30.9 Å². The molecule has 2 fully saturated rings. The number of phenolic OH excluding ortho intramolecular Hbond substituents is 4. The number of benzene rings is 4. The molecule has 0 spiro atoms.